The second kappa shape index (κ2) is 5.54. The fourth-order valence-electron chi connectivity index (χ4n) is 2.24. The molecule has 1 saturated carbocycles. The van der Waals surface area contributed by atoms with Crippen molar-refractivity contribution in [1.29, 1.82) is 0 Å². The van der Waals surface area contributed by atoms with Gasteiger partial charge in [-0.05, 0) is 32.1 Å². The molecular formula is C12H19ClN4. The molecule has 2 atom stereocenters. The number of rotatable bonds is 4. The summed E-state index contributed by atoms with van der Waals surface area (Å²) in [4.78, 5) is 8.51. The number of aromatic nitrogens is 2. The van der Waals surface area contributed by atoms with Gasteiger partial charge in [-0.2, -0.15) is 4.98 Å². The molecule has 2 N–H and O–H groups in total. The van der Waals surface area contributed by atoms with Gasteiger partial charge in [0.05, 0.1) is 6.20 Å². The van der Waals surface area contributed by atoms with Crippen molar-refractivity contribution in [1.82, 2.24) is 9.97 Å². The smallest absolute Gasteiger partial charge is 0.224 e. The fraction of sp³-hybridized carbons (Fsp3) is 0.667. The summed E-state index contributed by atoms with van der Waals surface area (Å²) in [7, 11) is 0. The molecule has 17 heavy (non-hydrogen) atoms. The Labute approximate surface area is 107 Å². The van der Waals surface area contributed by atoms with Crippen molar-refractivity contribution in [2.75, 3.05) is 17.2 Å². The molecule has 4 nitrogen and oxygen atoms in total. The Hall–Kier alpha value is -1.03. The number of nitrogens with one attached hydrogen (secondary N) is 2. The third-order valence-corrected chi connectivity index (χ3v) is 3.39. The van der Waals surface area contributed by atoms with E-state index in [0.717, 1.165) is 18.3 Å². The average Bonchev–Trinajstić information content (AvgIpc) is 2.69. The monoisotopic (exact) mass is 254 g/mol. The van der Waals surface area contributed by atoms with Crippen molar-refractivity contribution < 1.29 is 0 Å². The molecule has 1 aromatic rings. The molecule has 5 heteroatoms. The van der Waals surface area contributed by atoms with E-state index in [2.05, 4.69) is 27.5 Å². The molecule has 2 unspecified atom stereocenters. The standard InChI is InChI=1S/C12H19ClN4/c1-3-14-12-15-7-10(13)11(17-12)16-9-5-4-8(2)6-9/h7-9H,3-6H2,1-2H3,(H2,14,15,16,17). The Bertz CT molecular complexity index is 383. The SMILES string of the molecule is CCNc1ncc(Cl)c(NC2CCC(C)C2)n1. The number of halogens is 1. The zero-order chi connectivity index (χ0) is 12.3. The van der Waals surface area contributed by atoms with E-state index in [9.17, 15) is 0 Å². The normalized spacial score (nSPS) is 23.7. The van der Waals surface area contributed by atoms with Gasteiger partial charge in [-0.25, -0.2) is 4.98 Å². The van der Waals surface area contributed by atoms with Crippen molar-refractivity contribution in [3.63, 3.8) is 0 Å². The molecule has 0 amide bonds. The minimum absolute atomic E-state index is 0.492. The summed E-state index contributed by atoms with van der Waals surface area (Å²) in [5.74, 6) is 2.17. The van der Waals surface area contributed by atoms with Gasteiger partial charge in [-0.1, -0.05) is 18.5 Å². The summed E-state index contributed by atoms with van der Waals surface area (Å²) >= 11 is 6.10. The Balaban J connectivity index is 2.06. The quantitative estimate of drug-likeness (QED) is 0.867. The second-order valence-corrected chi connectivity index (χ2v) is 5.09. The molecule has 0 aromatic carbocycles. The topological polar surface area (TPSA) is 49.8 Å². The molecule has 94 valence electrons. The van der Waals surface area contributed by atoms with Crippen molar-refractivity contribution in [2.24, 2.45) is 5.92 Å². The fourth-order valence-corrected chi connectivity index (χ4v) is 2.39. The van der Waals surface area contributed by atoms with Gasteiger partial charge in [0.25, 0.3) is 0 Å². The van der Waals surface area contributed by atoms with Crippen LogP contribution >= 0.6 is 11.6 Å². The maximum Gasteiger partial charge on any atom is 0.224 e. The third kappa shape index (κ3) is 3.22. The first kappa shape index (κ1) is 12.4. The van der Waals surface area contributed by atoms with Gasteiger partial charge in [-0.3, -0.25) is 0 Å². The van der Waals surface area contributed by atoms with Crippen LogP contribution < -0.4 is 10.6 Å². The largest absolute Gasteiger partial charge is 0.366 e. The summed E-state index contributed by atoms with van der Waals surface area (Å²) < 4.78 is 0. The Morgan fingerprint density at radius 1 is 1.47 bits per heavy atom. The van der Waals surface area contributed by atoms with E-state index in [-0.39, 0.29) is 0 Å². The highest BCUT2D eigenvalue weighted by Gasteiger charge is 2.22. The van der Waals surface area contributed by atoms with Gasteiger partial charge in [-0.15, -0.1) is 0 Å². The van der Waals surface area contributed by atoms with Crippen LogP contribution in [-0.2, 0) is 0 Å². The lowest BCUT2D eigenvalue weighted by molar-refractivity contribution is 0.602. The predicted molar refractivity (Wildman–Crippen MR) is 71.6 cm³/mol. The summed E-state index contributed by atoms with van der Waals surface area (Å²) in [6, 6.07) is 0.492. The zero-order valence-electron chi connectivity index (χ0n) is 10.3. The highest BCUT2D eigenvalue weighted by atomic mass is 35.5. The van der Waals surface area contributed by atoms with Crippen LogP contribution in [0.5, 0.6) is 0 Å². The van der Waals surface area contributed by atoms with Gasteiger partial charge in [0, 0.05) is 12.6 Å². The third-order valence-electron chi connectivity index (χ3n) is 3.11. The van der Waals surface area contributed by atoms with Crippen LogP contribution in [0.15, 0.2) is 6.20 Å². The van der Waals surface area contributed by atoms with Crippen LogP contribution in [0.4, 0.5) is 11.8 Å². The lowest BCUT2D eigenvalue weighted by Crippen LogP contribution is -2.17. The summed E-state index contributed by atoms with van der Waals surface area (Å²) in [6.07, 6.45) is 5.31. The second-order valence-electron chi connectivity index (χ2n) is 4.68. The van der Waals surface area contributed by atoms with Gasteiger partial charge < -0.3 is 10.6 Å². The molecule has 1 aliphatic carbocycles. The highest BCUT2D eigenvalue weighted by molar-refractivity contribution is 6.32. The van der Waals surface area contributed by atoms with Crippen LogP contribution in [0.2, 0.25) is 5.02 Å². The van der Waals surface area contributed by atoms with Gasteiger partial charge in [0.15, 0.2) is 5.82 Å². The van der Waals surface area contributed by atoms with E-state index < -0.39 is 0 Å². The van der Waals surface area contributed by atoms with Gasteiger partial charge in [0.1, 0.15) is 5.02 Å². The zero-order valence-corrected chi connectivity index (χ0v) is 11.1. The minimum Gasteiger partial charge on any atom is -0.366 e. The molecule has 0 saturated heterocycles. The highest BCUT2D eigenvalue weighted by Crippen LogP contribution is 2.29. The van der Waals surface area contributed by atoms with Crippen molar-refractivity contribution in [3.05, 3.63) is 11.2 Å². The van der Waals surface area contributed by atoms with Crippen LogP contribution in [0.1, 0.15) is 33.1 Å². The molecular weight excluding hydrogens is 236 g/mol. The van der Waals surface area contributed by atoms with Crippen molar-refractivity contribution in [2.45, 2.75) is 39.2 Å². The molecule has 1 heterocycles. The van der Waals surface area contributed by atoms with Crippen molar-refractivity contribution >= 4 is 23.4 Å². The molecule has 1 aromatic heterocycles. The number of anilines is 2. The molecule has 0 radical (unpaired) electrons. The summed E-state index contributed by atoms with van der Waals surface area (Å²) in [5.41, 5.74) is 0. The number of hydrogen-bond acceptors (Lipinski definition) is 4. The first-order chi connectivity index (χ1) is 8.19. The molecule has 2 rings (SSSR count). The van der Waals surface area contributed by atoms with E-state index in [1.54, 1.807) is 6.20 Å². The Morgan fingerprint density at radius 2 is 2.29 bits per heavy atom. The lowest BCUT2D eigenvalue weighted by atomic mass is 10.1. The van der Waals surface area contributed by atoms with E-state index in [1.165, 1.54) is 19.3 Å². The lowest BCUT2D eigenvalue weighted by Gasteiger charge is -2.14. The first-order valence-electron chi connectivity index (χ1n) is 6.22. The molecule has 1 aliphatic rings. The van der Waals surface area contributed by atoms with Gasteiger partial charge >= 0.3 is 0 Å². The van der Waals surface area contributed by atoms with Gasteiger partial charge in [0.2, 0.25) is 5.95 Å². The summed E-state index contributed by atoms with van der Waals surface area (Å²) in [5, 5.41) is 7.09. The summed E-state index contributed by atoms with van der Waals surface area (Å²) in [6.45, 7) is 5.11. The van der Waals surface area contributed by atoms with Crippen LogP contribution in [0.25, 0.3) is 0 Å². The Kier molecular flexibility index (Phi) is 4.05. The minimum atomic E-state index is 0.492. The van der Waals surface area contributed by atoms with E-state index in [0.29, 0.717) is 17.0 Å². The molecule has 0 aliphatic heterocycles. The van der Waals surface area contributed by atoms with E-state index in [1.807, 2.05) is 6.92 Å². The van der Waals surface area contributed by atoms with E-state index in [4.69, 9.17) is 11.6 Å². The maximum atomic E-state index is 6.10. The number of nitrogens with zero attached hydrogens (tertiary/aromatic N) is 2. The molecule has 1 fully saturated rings. The predicted octanol–water partition coefficient (Wildman–Crippen LogP) is 3.16. The molecule has 0 bridgehead atoms. The maximum absolute atomic E-state index is 6.10. The average molecular weight is 255 g/mol. The first-order valence-corrected chi connectivity index (χ1v) is 6.59. The molecule has 0 spiro atoms. The Morgan fingerprint density at radius 3 is 2.94 bits per heavy atom. The van der Waals surface area contributed by atoms with Crippen LogP contribution in [0.3, 0.4) is 0 Å². The van der Waals surface area contributed by atoms with Crippen LogP contribution in [-0.4, -0.2) is 22.6 Å². The number of hydrogen-bond donors (Lipinski definition) is 2. The van der Waals surface area contributed by atoms with E-state index >= 15 is 0 Å². The van der Waals surface area contributed by atoms with Crippen molar-refractivity contribution in [3.8, 4) is 0 Å². The van der Waals surface area contributed by atoms with Crippen LogP contribution in [0, 0.1) is 5.92 Å².